The van der Waals surface area contributed by atoms with Gasteiger partial charge in [-0.3, -0.25) is 9.59 Å². The smallest absolute Gasteiger partial charge is 0.317 e. The van der Waals surface area contributed by atoms with Gasteiger partial charge in [0.2, 0.25) is 0 Å². The predicted octanol–water partition coefficient (Wildman–Crippen LogP) is 1.44. The van der Waals surface area contributed by atoms with Crippen molar-refractivity contribution >= 4 is 11.9 Å². The summed E-state index contributed by atoms with van der Waals surface area (Å²) in [6, 6.07) is 0. The van der Waals surface area contributed by atoms with Gasteiger partial charge in [0.05, 0.1) is 6.61 Å². The number of hydrogen-bond acceptors (Lipinski definition) is 3. The summed E-state index contributed by atoms with van der Waals surface area (Å²) < 4.78 is 4.71. The standard InChI is InChI=1S/C9H16O4/c1-9(2,3)4-5-13-8(12)6-7(10)11/h4-6H2,1-3H3,(H,10,11). The maximum absolute atomic E-state index is 10.7. The number of rotatable bonds is 4. The minimum atomic E-state index is -1.15. The molecule has 4 nitrogen and oxygen atoms in total. The van der Waals surface area contributed by atoms with E-state index in [4.69, 9.17) is 9.84 Å². The van der Waals surface area contributed by atoms with E-state index in [1.807, 2.05) is 20.8 Å². The summed E-state index contributed by atoms with van der Waals surface area (Å²) in [6.45, 7) is 6.36. The SMILES string of the molecule is CC(C)(C)CCOC(=O)CC(=O)O. The minimum Gasteiger partial charge on any atom is -0.481 e. The van der Waals surface area contributed by atoms with E-state index in [1.54, 1.807) is 0 Å². The number of esters is 1. The van der Waals surface area contributed by atoms with Crippen molar-refractivity contribution in [1.82, 2.24) is 0 Å². The quantitative estimate of drug-likeness (QED) is 0.535. The van der Waals surface area contributed by atoms with Crippen molar-refractivity contribution in [3.63, 3.8) is 0 Å². The molecule has 0 aromatic rings. The number of carboxylic acid groups (broad SMARTS) is 1. The van der Waals surface area contributed by atoms with Crippen LogP contribution in [-0.2, 0) is 14.3 Å². The molecule has 0 amide bonds. The van der Waals surface area contributed by atoms with Crippen LogP contribution in [0.1, 0.15) is 33.6 Å². The second kappa shape index (κ2) is 4.84. The third-order valence-electron chi connectivity index (χ3n) is 1.41. The van der Waals surface area contributed by atoms with Gasteiger partial charge in [-0.15, -0.1) is 0 Å². The summed E-state index contributed by atoms with van der Waals surface area (Å²) >= 11 is 0. The predicted molar refractivity (Wildman–Crippen MR) is 47.3 cm³/mol. The van der Waals surface area contributed by atoms with Gasteiger partial charge in [0.1, 0.15) is 6.42 Å². The molecule has 0 bridgehead atoms. The third kappa shape index (κ3) is 8.85. The summed E-state index contributed by atoms with van der Waals surface area (Å²) in [5, 5.41) is 8.24. The summed E-state index contributed by atoms with van der Waals surface area (Å²) in [6.07, 6.45) is 0.183. The molecule has 0 radical (unpaired) electrons. The Morgan fingerprint density at radius 1 is 1.31 bits per heavy atom. The van der Waals surface area contributed by atoms with E-state index in [0.29, 0.717) is 0 Å². The van der Waals surface area contributed by atoms with Crippen molar-refractivity contribution in [1.29, 1.82) is 0 Å². The molecule has 0 saturated carbocycles. The van der Waals surface area contributed by atoms with Crippen LogP contribution in [0, 0.1) is 5.41 Å². The number of carbonyl (C=O) groups is 2. The van der Waals surface area contributed by atoms with Crippen molar-refractivity contribution in [2.24, 2.45) is 5.41 Å². The Bertz CT molecular complexity index is 190. The highest BCUT2D eigenvalue weighted by Crippen LogP contribution is 2.17. The van der Waals surface area contributed by atoms with E-state index in [0.717, 1.165) is 6.42 Å². The van der Waals surface area contributed by atoms with Gasteiger partial charge in [-0.1, -0.05) is 20.8 Å². The highest BCUT2D eigenvalue weighted by Gasteiger charge is 2.13. The molecule has 0 aliphatic carbocycles. The van der Waals surface area contributed by atoms with Crippen LogP contribution in [0.4, 0.5) is 0 Å². The monoisotopic (exact) mass is 188 g/mol. The van der Waals surface area contributed by atoms with Crippen molar-refractivity contribution in [2.45, 2.75) is 33.6 Å². The van der Waals surface area contributed by atoms with Crippen molar-refractivity contribution < 1.29 is 19.4 Å². The second-order valence-corrected chi connectivity index (χ2v) is 4.10. The zero-order valence-corrected chi connectivity index (χ0v) is 8.29. The third-order valence-corrected chi connectivity index (χ3v) is 1.41. The Morgan fingerprint density at radius 3 is 2.23 bits per heavy atom. The molecule has 13 heavy (non-hydrogen) atoms. The maximum Gasteiger partial charge on any atom is 0.317 e. The number of carbonyl (C=O) groups excluding carboxylic acids is 1. The van der Waals surface area contributed by atoms with E-state index in [-0.39, 0.29) is 12.0 Å². The number of carboxylic acids is 1. The Hall–Kier alpha value is -1.06. The van der Waals surface area contributed by atoms with E-state index in [9.17, 15) is 9.59 Å². The fourth-order valence-electron chi connectivity index (χ4n) is 0.646. The molecule has 0 fully saturated rings. The highest BCUT2D eigenvalue weighted by atomic mass is 16.5. The zero-order chi connectivity index (χ0) is 10.5. The van der Waals surface area contributed by atoms with Gasteiger partial charge in [-0.25, -0.2) is 0 Å². The molecule has 4 heteroatoms. The lowest BCUT2D eigenvalue weighted by molar-refractivity contribution is -0.151. The lowest BCUT2D eigenvalue weighted by Crippen LogP contribution is -2.15. The zero-order valence-electron chi connectivity index (χ0n) is 8.29. The summed E-state index contributed by atoms with van der Waals surface area (Å²) in [4.78, 5) is 20.8. The first-order valence-corrected chi connectivity index (χ1v) is 4.19. The largest absolute Gasteiger partial charge is 0.481 e. The molecule has 0 spiro atoms. The molecule has 0 aliphatic rings. The first-order valence-electron chi connectivity index (χ1n) is 4.19. The van der Waals surface area contributed by atoms with Gasteiger partial charge >= 0.3 is 11.9 Å². The van der Waals surface area contributed by atoms with Gasteiger partial charge in [0.25, 0.3) is 0 Å². The van der Waals surface area contributed by atoms with Crippen LogP contribution >= 0.6 is 0 Å². The molecule has 0 unspecified atom stereocenters. The number of hydrogen-bond donors (Lipinski definition) is 1. The van der Waals surface area contributed by atoms with Crippen molar-refractivity contribution in [2.75, 3.05) is 6.61 Å². The van der Waals surface area contributed by atoms with Gasteiger partial charge in [0, 0.05) is 0 Å². The van der Waals surface area contributed by atoms with Crippen LogP contribution in [0.15, 0.2) is 0 Å². The Balaban J connectivity index is 3.54. The van der Waals surface area contributed by atoms with E-state index >= 15 is 0 Å². The summed E-state index contributed by atoms with van der Waals surface area (Å²) in [7, 11) is 0. The Kier molecular flexibility index (Phi) is 4.45. The van der Waals surface area contributed by atoms with Gasteiger partial charge in [-0.2, -0.15) is 0 Å². The molecule has 0 saturated heterocycles. The maximum atomic E-state index is 10.7. The minimum absolute atomic E-state index is 0.101. The first kappa shape index (κ1) is 11.9. The fourth-order valence-corrected chi connectivity index (χ4v) is 0.646. The number of ether oxygens (including phenoxy) is 1. The number of aliphatic carboxylic acids is 1. The normalized spacial score (nSPS) is 11.0. The van der Waals surface area contributed by atoms with Crippen LogP contribution in [0.5, 0.6) is 0 Å². The molecule has 0 aliphatic heterocycles. The Morgan fingerprint density at radius 2 is 1.85 bits per heavy atom. The molecule has 1 N–H and O–H groups in total. The van der Waals surface area contributed by atoms with E-state index < -0.39 is 18.4 Å². The van der Waals surface area contributed by atoms with Gasteiger partial charge < -0.3 is 9.84 Å². The molecule has 0 atom stereocenters. The van der Waals surface area contributed by atoms with Gasteiger partial charge in [0.15, 0.2) is 0 Å². The first-order chi connectivity index (χ1) is 5.81. The molecule has 0 heterocycles. The lowest BCUT2D eigenvalue weighted by Gasteiger charge is -2.17. The molecular weight excluding hydrogens is 172 g/mol. The lowest BCUT2D eigenvalue weighted by atomic mass is 9.93. The summed E-state index contributed by atoms with van der Waals surface area (Å²) in [5.41, 5.74) is 0.101. The second-order valence-electron chi connectivity index (χ2n) is 4.10. The average molecular weight is 188 g/mol. The molecule has 0 aromatic carbocycles. The van der Waals surface area contributed by atoms with Gasteiger partial charge in [-0.05, 0) is 11.8 Å². The molecular formula is C9H16O4. The Labute approximate surface area is 77.9 Å². The average Bonchev–Trinajstić information content (AvgIpc) is 1.81. The van der Waals surface area contributed by atoms with Crippen LogP contribution < -0.4 is 0 Å². The molecule has 0 rings (SSSR count). The highest BCUT2D eigenvalue weighted by molar-refractivity contribution is 5.90. The van der Waals surface area contributed by atoms with Crippen LogP contribution in [0.3, 0.4) is 0 Å². The van der Waals surface area contributed by atoms with Crippen LogP contribution in [0.2, 0.25) is 0 Å². The topological polar surface area (TPSA) is 63.6 Å². The van der Waals surface area contributed by atoms with Crippen molar-refractivity contribution in [3.8, 4) is 0 Å². The van der Waals surface area contributed by atoms with E-state index in [2.05, 4.69) is 0 Å². The fraction of sp³-hybridized carbons (Fsp3) is 0.778. The summed E-state index contributed by atoms with van der Waals surface area (Å²) in [5.74, 6) is -1.82. The van der Waals surface area contributed by atoms with Crippen molar-refractivity contribution in [3.05, 3.63) is 0 Å². The molecule has 0 aromatic heterocycles. The van der Waals surface area contributed by atoms with E-state index in [1.165, 1.54) is 0 Å². The molecule has 76 valence electrons. The van der Waals surface area contributed by atoms with Crippen LogP contribution in [0.25, 0.3) is 0 Å². The van der Waals surface area contributed by atoms with Crippen LogP contribution in [-0.4, -0.2) is 23.7 Å².